The Hall–Kier alpha value is -0.620. The van der Waals surface area contributed by atoms with Gasteiger partial charge in [0.1, 0.15) is 6.61 Å². The first-order valence-corrected chi connectivity index (χ1v) is 5.04. The number of esters is 1. The Morgan fingerprint density at radius 2 is 2.17 bits per heavy atom. The number of carboxylic acids is 1. The van der Waals surface area contributed by atoms with Crippen molar-refractivity contribution in [1.29, 1.82) is 0 Å². The number of hydrogen-bond donors (Lipinski definition) is 2. The summed E-state index contributed by atoms with van der Waals surface area (Å²) in [6, 6.07) is 0. The van der Waals surface area contributed by atoms with Crippen LogP contribution in [0.5, 0.6) is 0 Å². The van der Waals surface area contributed by atoms with Gasteiger partial charge >= 0.3 is 11.9 Å². The summed E-state index contributed by atoms with van der Waals surface area (Å²) in [6.07, 6.45) is 1.60. The molecule has 12 heavy (non-hydrogen) atoms. The number of rotatable bonds is 5. The molecule has 4 nitrogen and oxygen atoms in total. The topological polar surface area (TPSA) is 63.6 Å². The van der Waals surface area contributed by atoms with Gasteiger partial charge in [-0.15, -0.1) is 11.7 Å². The third-order valence-electron chi connectivity index (χ3n) is 0.781. The molecule has 0 aromatic heterocycles. The summed E-state index contributed by atoms with van der Waals surface area (Å²) in [7, 11) is 1.24. The first-order valence-electron chi connectivity index (χ1n) is 3.01. The van der Waals surface area contributed by atoms with Crippen molar-refractivity contribution >= 4 is 34.4 Å². The molecular formula is C6H8O4S2. The SMILES string of the molecule is O=C(O)/C=C\C(=O)OCCSS. The van der Waals surface area contributed by atoms with Crippen molar-refractivity contribution in [2.45, 2.75) is 0 Å². The predicted molar refractivity (Wildman–Crippen MR) is 49.2 cm³/mol. The van der Waals surface area contributed by atoms with Crippen molar-refractivity contribution in [1.82, 2.24) is 0 Å². The van der Waals surface area contributed by atoms with Crippen molar-refractivity contribution in [3.05, 3.63) is 12.2 Å². The lowest BCUT2D eigenvalue weighted by Crippen LogP contribution is -2.04. The third-order valence-corrected chi connectivity index (χ3v) is 1.68. The summed E-state index contributed by atoms with van der Waals surface area (Å²) in [6.45, 7) is 0.233. The highest BCUT2D eigenvalue weighted by Gasteiger charge is 1.96. The molecule has 1 N–H and O–H groups in total. The van der Waals surface area contributed by atoms with Gasteiger partial charge in [0, 0.05) is 17.9 Å². The van der Waals surface area contributed by atoms with E-state index in [4.69, 9.17) is 5.11 Å². The molecule has 0 atom stereocenters. The van der Waals surface area contributed by atoms with Gasteiger partial charge in [0.15, 0.2) is 0 Å². The molecule has 0 bridgehead atoms. The molecule has 6 heteroatoms. The van der Waals surface area contributed by atoms with E-state index in [0.717, 1.165) is 12.2 Å². The van der Waals surface area contributed by atoms with Gasteiger partial charge in [-0.2, -0.15) is 0 Å². The van der Waals surface area contributed by atoms with Crippen LogP contribution in [-0.4, -0.2) is 29.4 Å². The van der Waals surface area contributed by atoms with Gasteiger partial charge in [0.25, 0.3) is 0 Å². The normalized spacial score (nSPS) is 10.1. The Balaban J connectivity index is 3.53. The second-order valence-corrected chi connectivity index (χ2v) is 3.11. The van der Waals surface area contributed by atoms with Crippen LogP contribution in [0.15, 0.2) is 12.2 Å². The van der Waals surface area contributed by atoms with E-state index in [2.05, 4.69) is 16.4 Å². The molecule has 0 aliphatic rings. The van der Waals surface area contributed by atoms with Crippen LogP contribution < -0.4 is 0 Å². The molecule has 0 heterocycles. The number of ether oxygens (including phenoxy) is 1. The first kappa shape index (κ1) is 11.4. The zero-order valence-electron chi connectivity index (χ0n) is 6.10. The average molecular weight is 208 g/mol. The second-order valence-electron chi connectivity index (χ2n) is 1.67. The number of carbonyl (C=O) groups is 2. The van der Waals surface area contributed by atoms with Gasteiger partial charge in [-0.05, 0) is 0 Å². The van der Waals surface area contributed by atoms with E-state index in [1.807, 2.05) is 0 Å². The number of carboxylic acid groups (broad SMARTS) is 1. The summed E-state index contributed by atoms with van der Waals surface area (Å²) in [5.41, 5.74) is 0. The van der Waals surface area contributed by atoms with Gasteiger partial charge in [-0.3, -0.25) is 0 Å². The molecule has 68 valence electrons. The summed E-state index contributed by atoms with van der Waals surface area (Å²) in [5.74, 6) is -1.24. The molecule has 0 rings (SSSR count). The molecule has 0 aliphatic carbocycles. The second kappa shape index (κ2) is 7.05. The van der Waals surface area contributed by atoms with Gasteiger partial charge in [-0.25, -0.2) is 9.59 Å². The highest BCUT2D eigenvalue weighted by molar-refractivity contribution is 8.68. The van der Waals surface area contributed by atoms with Crippen molar-refractivity contribution in [2.24, 2.45) is 0 Å². The van der Waals surface area contributed by atoms with E-state index < -0.39 is 11.9 Å². The van der Waals surface area contributed by atoms with E-state index >= 15 is 0 Å². The standard InChI is InChI=1S/C6H8O4S2/c7-5(8)1-2-6(9)10-3-4-12-11/h1-2,11H,3-4H2,(H,7,8)/b2-1-. The maximum atomic E-state index is 10.6. The quantitative estimate of drug-likeness (QED) is 0.229. The zero-order chi connectivity index (χ0) is 9.40. The Bertz CT molecular complexity index is 190. The lowest BCUT2D eigenvalue weighted by atomic mass is 10.5. The monoisotopic (exact) mass is 208 g/mol. The fraction of sp³-hybridized carbons (Fsp3) is 0.333. The highest BCUT2D eigenvalue weighted by Crippen LogP contribution is 2.02. The van der Waals surface area contributed by atoms with Crippen molar-refractivity contribution in [3.63, 3.8) is 0 Å². The minimum absolute atomic E-state index is 0.233. The molecule has 0 unspecified atom stereocenters. The summed E-state index contributed by atoms with van der Waals surface area (Å²) < 4.78 is 4.57. The minimum Gasteiger partial charge on any atom is -0.478 e. The Kier molecular flexibility index (Phi) is 6.69. The Morgan fingerprint density at radius 1 is 1.50 bits per heavy atom. The van der Waals surface area contributed by atoms with Crippen LogP contribution >= 0.6 is 22.5 Å². The summed E-state index contributed by atoms with van der Waals surface area (Å²) in [4.78, 5) is 20.5. The molecule has 0 saturated carbocycles. The first-order chi connectivity index (χ1) is 5.66. The van der Waals surface area contributed by atoms with E-state index in [9.17, 15) is 9.59 Å². The molecule has 0 radical (unpaired) electrons. The minimum atomic E-state index is -1.17. The lowest BCUT2D eigenvalue weighted by molar-refractivity contribution is -0.138. The smallest absolute Gasteiger partial charge is 0.331 e. The largest absolute Gasteiger partial charge is 0.478 e. The van der Waals surface area contributed by atoms with Crippen molar-refractivity contribution in [2.75, 3.05) is 12.4 Å². The van der Waals surface area contributed by atoms with E-state index in [0.29, 0.717) is 5.75 Å². The Morgan fingerprint density at radius 3 is 2.67 bits per heavy atom. The zero-order valence-corrected chi connectivity index (χ0v) is 7.81. The number of aliphatic carboxylic acids is 1. The maximum absolute atomic E-state index is 10.6. The molecule has 0 fully saturated rings. The molecule has 0 aliphatic heterocycles. The highest BCUT2D eigenvalue weighted by atomic mass is 33.1. The van der Waals surface area contributed by atoms with Crippen LogP contribution in [0.2, 0.25) is 0 Å². The van der Waals surface area contributed by atoms with E-state index in [1.54, 1.807) is 0 Å². The predicted octanol–water partition coefficient (Wildman–Crippen LogP) is 0.748. The van der Waals surface area contributed by atoms with Crippen LogP contribution in [0.4, 0.5) is 0 Å². The van der Waals surface area contributed by atoms with Crippen LogP contribution in [-0.2, 0) is 14.3 Å². The molecule has 0 aromatic rings. The molecule has 0 amide bonds. The maximum Gasteiger partial charge on any atom is 0.331 e. The van der Waals surface area contributed by atoms with E-state index in [-0.39, 0.29) is 6.61 Å². The Labute approximate surface area is 78.8 Å². The van der Waals surface area contributed by atoms with Crippen LogP contribution in [0.3, 0.4) is 0 Å². The number of carbonyl (C=O) groups excluding carboxylic acids is 1. The van der Waals surface area contributed by atoms with Crippen LogP contribution in [0, 0.1) is 0 Å². The third kappa shape index (κ3) is 7.49. The van der Waals surface area contributed by atoms with Gasteiger partial charge < -0.3 is 9.84 Å². The van der Waals surface area contributed by atoms with E-state index in [1.165, 1.54) is 10.8 Å². The van der Waals surface area contributed by atoms with Gasteiger partial charge in [-0.1, -0.05) is 10.8 Å². The lowest BCUT2D eigenvalue weighted by Gasteiger charge is -1.97. The molecule has 0 aromatic carbocycles. The number of hydrogen-bond acceptors (Lipinski definition) is 5. The van der Waals surface area contributed by atoms with Crippen LogP contribution in [0.25, 0.3) is 0 Å². The fourth-order valence-corrected chi connectivity index (χ4v) is 0.748. The van der Waals surface area contributed by atoms with Crippen molar-refractivity contribution in [3.8, 4) is 0 Å². The van der Waals surface area contributed by atoms with Crippen LogP contribution in [0.1, 0.15) is 0 Å². The molecular weight excluding hydrogens is 200 g/mol. The molecule has 0 spiro atoms. The molecule has 0 saturated heterocycles. The van der Waals surface area contributed by atoms with Gasteiger partial charge in [0.2, 0.25) is 0 Å². The summed E-state index contributed by atoms with van der Waals surface area (Å²) >= 11 is 3.82. The van der Waals surface area contributed by atoms with Crippen molar-refractivity contribution < 1.29 is 19.4 Å². The average Bonchev–Trinajstić information content (AvgIpc) is 2.01. The number of thiol groups is 1. The fourth-order valence-electron chi connectivity index (χ4n) is 0.367. The summed E-state index contributed by atoms with van der Waals surface area (Å²) in [5, 5.41) is 8.12. The van der Waals surface area contributed by atoms with Gasteiger partial charge in [0.05, 0.1) is 0 Å².